The van der Waals surface area contributed by atoms with Gasteiger partial charge in [0.1, 0.15) is 10.7 Å². The molecule has 33 heavy (non-hydrogen) atoms. The summed E-state index contributed by atoms with van der Waals surface area (Å²) < 4.78 is 14.2. The van der Waals surface area contributed by atoms with E-state index in [0.717, 1.165) is 10.1 Å². The van der Waals surface area contributed by atoms with Gasteiger partial charge < -0.3 is 10.6 Å². The van der Waals surface area contributed by atoms with Gasteiger partial charge in [0.15, 0.2) is 5.11 Å². The first-order chi connectivity index (χ1) is 15.8. The van der Waals surface area contributed by atoms with Crippen LogP contribution >= 0.6 is 46.8 Å². The lowest BCUT2D eigenvalue weighted by Gasteiger charge is -2.11. The van der Waals surface area contributed by atoms with Crippen molar-refractivity contribution in [2.45, 2.75) is 0 Å². The molecule has 5 nitrogen and oxygen atoms in total. The van der Waals surface area contributed by atoms with Gasteiger partial charge >= 0.3 is 0 Å². The molecule has 2 amide bonds. The van der Waals surface area contributed by atoms with Crippen molar-refractivity contribution in [2.75, 3.05) is 10.6 Å². The van der Waals surface area contributed by atoms with Gasteiger partial charge in [-0.1, -0.05) is 47.5 Å². The number of halogens is 3. The first-order valence-corrected chi connectivity index (χ1v) is 11.5. The molecule has 4 rings (SSSR count). The van der Waals surface area contributed by atoms with Crippen LogP contribution in [0.2, 0.25) is 10.0 Å². The third-order valence-electron chi connectivity index (χ3n) is 4.53. The summed E-state index contributed by atoms with van der Waals surface area (Å²) >= 11 is 18.6. The highest BCUT2D eigenvalue weighted by Gasteiger charge is 2.18. The maximum Gasteiger partial charge on any atom is 0.269 e. The minimum Gasteiger partial charge on any atom is -0.332 e. The molecule has 0 aliphatic heterocycles. The average molecular weight is 518 g/mol. The lowest BCUT2D eigenvalue weighted by Crippen LogP contribution is -2.33. The lowest BCUT2D eigenvalue weighted by molar-refractivity contribution is 0.0980. The van der Waals surface area contributed by atoms with Gasteiger partial charge in [0.2, 0.25) is 0 Å². The predicted octanol–water partition coefficient (Wildman–Crippen LogP) is 6.73. The van der Waals surface area contributed by atoms with Crippen LogP contribution in [-0.2, 0) is 0 Å². The van der Waals surface area contributed by atoms with E-state index in [0.29, 0.717) is 26.8 Å². The van der Waals surface area contributed by atoms with E-state index in [1.165, 1.54) is 29.5 Å². The number of anilines is 2. The van der Waals surface area contributed by atoms with E-state index in [-0.39, 0.29) is 10.1 Å². The van der Waals surface area contributed by atoms with Gasteiger partial charge in [-0.15, -0.1) is 11.3 Å². The fourth-order valence-corrected chi connectivity index (χ4v) is 4.80. The zero-order chi connectivity index (χ0) is 23.5. The van der Waals surface area contributed by atoms with Crippen molar-refractivity contribution in [1.82, 2.24) is 5.32 Å². The predicted molar refractivity (Wildman–Crippen MR) is 136 cm³/mol. The van der Waals surface area contributed by atoms with Crippen LogP contribution in [-0.4, -0.2) is 16.9 Å². The van der Waals surface area contributed by atoms with Crippen LogP contribution in [0.15, 0.2) is 66.7 Å². The third-order valence-corrected chi connectivity index (χ3v) is 6.70. The number of hydrogen-bond donors (Lipinski definition) is 3. The Balaban J connectivity index is 1.42. The summed E-state index contributed by atoms with van der Waals surface area (Å²) in [6, 6.07) is 17.9. The Morgan fingerprint density at radius 3 is 2.39 bits per heavy atom. The molecule has 0 radical (unpaired) electrons. The summed E-state index contributed by atoms with van der Waals surface area (Å²) in [6.45, 7) is 0. The highest BCUT2D eigenvalue weighted by Crippen LogP contribution is 2.35. The molecule has 166 valence electrons. The smallest absolute Gasteiger partial charge is 0.269 e. The molecule has 0 spiro atoms. The Kier molecular flexibility index (Phi) is 6.90. The van der Waals surface area contributed by atoms with Crippen LogP contribution in [0.5, 0.6) is 0 Å². The van der Waals surface area contributed by atoms with Gasteiger partial charge in [-0.05, 0) is 54.7 Å². The Morgan fingerprint density at radius 2 is 1.64 bits per heavy atom. The van der Waals surface area contributed by atoms with Crippen molar-refractivity contribution in [2.24, 2.45) is 0 Å². The number of carbonyl (C=O) groups is 2. The SMILES string of the molecule is O=C(Nc1ccc(F)c(Cl)c1)c1cccc(NC(=S)NC(=O)c2sc3ccccc3c2Cl)c1. The van der Waals surface area contributed by atoms with E-state index in [1.807, 2.05) is 24.3 Å². The Morgan fingerprint density at radius 1 is 0.879 bits per heavy atom. The van der Waals surface area contributed by atoms with Crippen molar-refractivity contribution in [3.8, 4) is 0 Å². The van der Waals surface area contributed by atoms with Crippen LogP contribution in [0.3, 0.4) is 0 Å². The zero-order valence-corrected chi connectivity index (χ0v) is 19.8. The molecule has 3 aromatic carbocycles. The van der Waals surface area contributed by atoms with Gasteiger partial charge in [0, 0.05) is 27.0 Å². The standard InChI is InChI=1S/C23H14Cl2FN3O2S2/c24-16-11-14(8-9-17(16)26)27-21(30)12-4-3-5-13(10-12)28-23(32)29-22(31)20-19(25)15-6-1-2-7-18(15)33-20/h1-11H,(H,27,30)(H2,28,29,31,32). The molecule has 1 aromatic heterocycles. The minimum atomic E-state index is -0.576. The monoisotopic (exact) mass is 517 g/mol. The number of nitrogens with one attached hydrogen (secondary N) is 3. The van der Waals surface area contributed by atoms with Crippen molar-refractivity contribution >= 4 is 85.1 Å². The molecule has 0 aliphatic rings. The molecule has 3 N–H and O–H groups in total. The summed E-state index contributed by atoms with van der Waals surface area (Å²) in [6.07, 6.45) is 0. The maximum atomic E-state index is 13.3. The van der Waals surface area contributed by atoms with E-state index in [1.54, 1.807) is 24.3 Å². The van der Waals surface area contributed by atoms with Crippen LogP contribution < -0.4 is 16.0 Å². The quantitative estimate of drug-likeness (QED) is 0.262. The lowest BCUT2D eigenvalue weighted by atomic mass is 10.2. The Hall–Kier alpha value is -3.04. The molecule has 0 fully saturated rings. The maximum absolute atomic E-state index is 13.3. The number of benzene rings is 3. The first-order valence-electron chi connectivity index (χ1n) is 9.47. The van der Waals surface area contributed by atoms with Crippen molar-refractivity contribution < 1.29 is 14.0 Å². The number of fused-ring (bicyclic) bond motifs is 1. The van der Waals surface area contributed by atoms with Crippen LogP contribution in [0.25, 0.3) is 10.1 Å². The number of thiocarbonyl (C=S) groups is 1. The van der Waals surface area contributed by atoms with E-state index in [9.17, 15) is 14.0 Å². The molecule has 0 bridgehead atoms. The molecule has 1 heterocycles. The normalized spacial score (nSPS) is 10.6. The van der Waals surface area contributed by atoms with Gasteiger partial charge in [0.05, 0.1) is 10.0 Å². The van der Waals surface area contributed by atoms with Gasteiger partial charge in [-0.2, -0.15) is 0 Å². The second-order valence-electron chi connectivity index (χ2n) is 6.81. The molecule has 4 aromatic rings. The van der Waals surface area contributed by atoms with Gasteiger partial charge in [-0.3, -0.25) is 14.9 Å². The topological polar surface area (TPSA) is 70.2 Å². The molecular formula is C23H14Cl2FN3O2S2. The zero-order valence-electron chi connectivity index (χ0n) is 16.6. The number of rotatable bonds is 4. The van der Waals surface area contributed by atoms with Gasteiger partial charge in [-0.25, -0.2) is 4.39 Å². The number of hydrogen-bond acceptors (Lipinski definition) is 4. The summed E-state index contributed by atoms with van der Waals surface area (Å²) in [5, 5.41) is 9.26. The van der Waals surface area contributed by atoms with Crippen LogP contribution in [0.1, 0.15) is 20.0 Å². The van der Waals surface area contributed by atoms with E-state index >= 15 is 0 Å². The minimum absolute atomic E-state index is 0.0522. The molecule has 0 saturated heterocycles. The van der Waals surface area contributed by atoms with E-state index in [2.05, 4.69) is 16.0 Å². The van der Waals surface area contributed by atoms with Crippen molar-refractivity contribution in [3.63, 3.8) is 0 Å². The van der Waals surface area contributed by atoms with Crippen molar-refractivity contribution in [1.29, 1.82) is 0 Å². The molecule has 0 saturated carbocycles. The third kappa shape index (κ3) is 5.31. The van der Waals surface area contributed by atoms with Gasteiger partial charge in [0.25, 0.3) is 11.8 Å². The summed E-state index contributed by atoms with van der Waals surface area (Å²) in [5.41, 5.74) is 1.17. The van der Waals surface area contributed by atoms with E-state index in [4.69, 9.17) is 35.4 Å². The summed E-state index contributed by atoms with van der Waals surface area (Å²) in [5.74, 6) is -1.43. The second-order valence-corrected chi connectivity index (χ2v) is 9.06. The fourth-order valence-electron chi connectivity index (χ4n) is 3.00. The highest BCUT2D eigenvalue weighted by molar-refractivity contribution is 7.80. The molecule has 0 unspecified atom stereocenters. The highest BCUT2D eigenvalue weighted by atomic mass is 35.5. The first kappa shape index (κ1) is 23.1. The molecular weight excluding hydrogens is 504 g/mol. The van der Waals surface area contributed by atoms with Crippen LogP contribution in [0.4, 0.5) is 15.8 Å². The number of amides is 2. The molecule has 0 atom stereocenters. The Bertz CT molecular complexity index is 1410. The fraction of sp³-hybridized carbons (Fsp3) is 0. The largest absolute Gasteiger partial charge is 0.332 e. The summed E-state index contributed by atoms with van der Waals surface area (Å²) in [7, 11) is 0. The number of thiophene rings is 1. The van der Waals surface area contributed by atoms with Crippen molar-refractivity contribution in [3.05, 3.63) is 93.0 Å². The number of carbonyl (C=O) groups excluding carboxylic acids is 2. The van der Waals surface area contributed by atoms with Crippen LogP contribution in [0, 0.1) is 5.82 Å². The Labute approximate surface area is 207 Å². The summed E-state index contributed by atoms with van der Waals surface area (Å²) in [4.78, 5) is 25.5. The average Bonchev–Trinajstić information content (AvgIpc) is 3.13. The van der Waals surface area contributed by atoms with E-state index < -0.39 is 17.6 Å². The second kappa shape index (κ2) is 9.84. The molecule has 10 heteroatoms. The molecule has 0 aliphatic carbocycles.